The lowest BCUT2D eigenvalue weighted by Gasteiger charge is -2.09. The number of hydrogen-bond donors (Lipinski definition) is 1. The minimum absolute atomic E-state index is 0. The second kappa shape index (κ2) is 11.5. The molecular formula is C18H20Cl3N5OS. The summed E-state index contributed by atoms with van der Waals surface area (Å²) < 4.78 is 7.46. The van der Waals surface area contributed by atoms with Gasteiger partial charge < -0.3 is 10.1 Å². The number of nitrogens with one attached hydrogen (secondary N) is 1. The summed E-state index contributed by atoms with van der Waals surface area (Å²) in [5.74, 6) is 1.70. The summed E-state index contributed by atoms with van der Waals surface area (Å²) >= 11 is 13.7. The van der Waals surface area contributed by atoms with Crippen molar-refractivity contribution in [3.63, 3.8) is 0 Å². The van der Waals surface area contributed by atoms with E-state index < -0.39 is 0 Å². The number of tetrazole rings is 1. The Hall–Kier alpha value is -1.51. The van der Waals surface area contributed by atoms with Gasteiger partial charge in [0.15, 0.2) is 0 Å². The zero-order chi connectivity index (χ0) is 19.1. The molecule has 1 N–H and O–H groups in total. The van der Waals surface area contributed by atoms with E-state index in [1.165, 1.54) is 5.56 Å². The number of nitrogens with zero attached hydrogens (tertiary/aromatic N) is 4. The van der Waals surface area contributed by atoms with E-state index in [9.17, 15) is 0 Å². The third kappa shape index (κ3) is 6.83. The number of thioether (sulfide) groups is 1. The maximum Gasteiger partial charge on any atom is 0.209 e. The number of hydrogen-bond acceptors (Lipinski definition) is 6. The predicted octanol–water partition coefficient (Wildman–Crippen LogP) is 4.40. The summed E-state index contributed by atoms with van der Waals surface area (Å²) in [6.07, 6.45) is 0. The molecule has 0 radical (unpaired) electrons. The molecule has 150 valence electrons. The summed E-state index contributed by atoms with van der Waals surface area (Å²) in [7, 11) is 1.83. The van der Waals surface area contributed by atoms with E-state index in [2.05, 4.69) is 20.8 Å². The molecule has 28 heavy (non-hydrogen) atoms. The Labute approximate surface area is 184 Å². The largest absolute Gasteiger partial charge is 0.489 e. The zero-order valence-corrected chi connectivity index (χ0v) is 18.3. The first-order chi connectivity index (χ1) is 13.1. The van der Waals surface area contributed by atoms with Crippen LogP contribution in [0.2, 0.25) is 10.0 Å². The van der Waals surface area contributed by atoms with Crippen LogP contribution < -0.4 is 10.1 Å². The second-order valence-corrected chi connectivity index (χ2v) is 7.68. The molecule has 0 aliphatic heterocycles. The molecule has 0 unspecified atom stereocenters. The fourth-order valence-electron chi connectivity index (χ4n) is 2.29. The monoisotopic (exact) mass is 459 g/mol. The zero-order valence-electron chi connectivity index (χ0n) is 15.1. The van der Waals surface area contributed by atoms with Gasteiger partial charge >= 0.3 is 0 Å². The summed E-state index contributed by atoms with van der Waals surface area (Å²) in [5.41, 5.74) is 2.10. The van der Waals surface area contributed by atoms with Crippen molar-refractivity contribution in [1.29, 1.82) is 0 Å². The lowest BCUT2D eigenvalue weighted by molar-refractivity contribution is 0.306. The average molecular weight is 461 g/mol. The van der Waals surface area contributed by atoms with E-state index >= 15 is 0 Å². The van der Waals surface area contributed by atoms with Crippen LogP contribution in [-0.4, -0.2) is 32.5 Å². The van der Waals surface area contributed by atoms with E-state index in [4.69, 9.17) is 27.9 Å². The number of aryl methyl sites for hydroxylation is 1. The molecule has 2 aromatic carbocycles. The molecule has 0 saturated heterocycles. The fraction of sp³-hybridized carbons (Fsp3) is 0.278. The van der Waals surface area contributed by atoms with Crippen LogP contribution in [0.4, 0.5) is 0 Å². The molecule has 0 spiro atoms. The van der Waals surface area contributed by atoms with Crippen LogP contribution in [0.3, 0.4) is 0 Å². The molecule has 0 bridgehead atoms. The van der Waals surface area contributed by atoms with Crippen molar-refractivity contribution < 1.29 is 4.74 Å². The Kier molecular flexibility index (Phi) is 9.34. The SMILES string of the molecule is Cl.Cn1nnnc1SCCNCc1ccc(OCc2ccc(Cl)cc2Cl)cc1. The van der Waals surface area contributed by atoms with E-state index in [-0.39, 0.29) is 12.4 Å². The lowest BCUT2D eigenvalue weighted by atomic mass is 10.2. The molecule has 0 saturated carbocycles. The predicted molar refractivity (Wildman–Crippen MR) is 116 cm³/mol. The van der Waals surface area contributed by atoms with Crippen molar-refractivity contribution in [2.24, 2.45) is 7.05 Å². The average Bonchev–Trinajstić information content (AvgIpc) is 3.07. The van der Waals surface area contributed by atoms with Crippen LogP contribution in [0.5, 0.6) is 5.75 Å². The Morgan fingerprint density at radius 2 is 1.93 bits per heavy atom. The third-order valence-corrected chi connectivity index (χ3v) is 5.35. The van der Waals surface area contributed by atoms with Crippen LogP contribution in [-0.2, 0) is 20.2 Å². The van der Waals surface area contributed by atoms with Gasteiger partial charge in [0.25, 0.3) is 0 Å². The smallest absolute Gasteiger partial charge is 0.209 e. The maximum atomic E-state index is 6.16. The van der Waals surface area contributed by atoms with E-state index in [0.717, 1.165) is 35.3 Å². The van der Waals surface area contributed by atoms with Crippen LogP contribution in [0.15, 0.2) is 47.6 Å². The molecule has 0 aliphatic rings. The number of rotatable bonds is 9. The maximum absolute atomic E-state index is 6.16. The summed E-state index contributed by atoms with van der Waals surface area (Å²) in [6, 6.07) is 13.4. The molecular weight excluding hydrogens is 441 g/mol. The van der Waals surface area contributed by atoms with Gasteiger partial charge in [-0.05, 0) is 40.3 Å². The summed E-state index contributed by atoms with van der Waals surface area (Å²) in [6.45, 7) is 2.06. The highest BCUT2D eigenvalue weighted by molar-refractivity contribution is 7.99. The van der Waals surface area contributed by atoms with E-state index in [1.54, 1.807) is 28.6 Å². The van der Waals surface area contributed by atoms with Crippen molar-refractivity contribution >= 4 is 47.4 Å². The van der Waals surface area contributed by atoms with Gasteiger partial charge in [0.1, 0.15) is 12.4 Å². The molecule has 0 amide bonds. The van der Waals surface area contributed by atoms with Gasteiger partial charge in [-0.1, -0.05) is 53.2 Å². The molecule has 3 rings (SSSR count). The van der Waals surface area contributed by atoms with Gasteiger partial charge in [0.2, 0.25) is 5.16 Å². The Morgan fingerprint density at radius 3 is 2.61 bits per heavy atom. The van der Waals surface area contributed by atoms with Crippen molar-refractivity contribution in [3.05, 3.63) is 63.6 Å². The molecule has 6 nitrogen and oxygen atoms in total. The Bertz CT molecular complexity index is 876. The number of halogens is 3. The van der Waals surface area contributed by atoms with Crippen LogP contribution in [0, 0.1) is 0 Å². The molecule has 0 aliphatic carbocycles. The van der Waals surface area contributed by atoms with Gasteiger partial charge in [0.05, 0.1) is 0 Å². The molecule has 0 atom stereocenters. The fourth-order valence-corrected chi connectivity index (χ4v) is 3.50. The molecule has 3 aromatic rings. The summed E-state index contributed by atoms with van der Waals surface area (Å²) in [4.78, 5) is 0. The van der Waals surface area contributed by atoms with E-state index in [0.29, 0.717) is 16.7 Å². The minimum atomic E-state index is 0. The highest BCUT2D eigenvalue weighted by Crippen LogP contribution is 2.23. The quantitative estimate of drug-likeness (QED) is 0.377. The normalized spacial score (nSPS) is 10.5. The number of aromatic nitrogens is 4. The highest BCUT2D eigenvalue weighted by Gasteiger charge is 2.04. The van der Waals surface area contributed by atoms with Gasteiger partial charge in [0, 0.05) is 41.5 Å². The van der Waals surface area contributed by atoms with Crippen molar-refractivity contribution in [1.82, 2.24) is 25.5 Å². The first kappa shape index (κ1) is 22.8. The molecule has 1 heterocycles. The minimum Gasteiger partial charge on any atom is -0.489 e. The second-order valence-electron chi connectivity index (χ2n) is 5.78. The van der Waals surface area contributed by atoms with Gasteiger partial charge in [-0.3, -0.25) is 0 Å². The van der Waals surface area contributed by atoms with Crippen molar-refractivity contribution in [2.75, 3.05) is 12.3 Å². The molecule has 1 aromatic heterocycles. The Balaban J connectivity index is 0.00000280. The van der Waals surface area contributed by atoms with Crippen LogP contribution in [0.1, 0.15) is 11.1 Å². The highest BCUT2D eigenvalue weighted by atomic mass is 35.5. The van der Waals surface area contributed by atoms with Gasteiger partial charge in [-0.25, -0.2) is 4.68 Å². The van der Waals surface area contributed by atoms with E-state index in [1.807, 2.05) is 37.4 Å². The third-order valence-electron chi connectivity index (χ3n) is 3.75. The summed E-state index contributed by atoms with van der Waals surface area (Å²) in [5, 5.41) is 16.8. The Morgan fingerprint density at radius 1 is 1.14 bits per heavy atom. The number of benzene rings is 2. The van der Waals surface area contributed by atoms with Crippen LogP contribution in [0.25, 0.3) is 0 Å². The van der Waals surface area contributed by atoms with Gasteiger partial charge in [-0.15, -0.1) is 17.5 Å². The van der Waals surface area contributed by atoms with Gasteiger partial charge in [-0.2, -0.15) is 0 Å². The first-order valence-corrected chi connectivity index (χ1v) is 10.1. The van der Waals surface area contributed by atoms with Crippen LogP contribution >= 0.6 is 47.4 Å². The van der Waals surface area contributed by atoms with Crippen molar-refractivity contribution in [3.8, 4) is 5.75 Å². The lowest BCUT2D eigenvalue weighted by Crippen LogP contribution is -2.16. The standard InChI is InChI=1S/C18H19Cl2N5OS.ClH/c1-25-18(22-23-24-25)27-9-8-21-11-13-2-6-16(7-3-13)26-12-14-4-5-15(19)10-17(14)20;/h2-7,10,21H,8-9,11-12H2,1H3;1H. The molecule has 0 fully saturated rings. The topological polar surface area (TPSA) is 64.9 Å². The van der Waals surface area contributed by atoms with Crippen molar-refractivity contribution in [2.45, 2.75) is 18.3 Å². The molecule has 10 heteroatoms. The first-order valence-electron chi connectivity index (χ1n) is 8.33. The number of ether oxygens (including phenoxy) is 1.